The number of hydrogen-bond acceptors (Lipinski definition) is 3. The molecule has 0 unspecified atom stereocenters. The summed E-state index contributed by atoms with van der Waals surface area (Å²) in [6, 6.07) is 15.0. The molecule has 1 aromatic heterocycles. The van der Waals surface area contributed by atoms with Crippen LogP contribution in [-0.4, -0.2) is 11.0 Å². The summed E-state index contributed by atoms with van der Waals surface area (Å²) in [6.07, 6.45) is 1.83. The van der Waals surface area contributed by atoms with Gasteiger partial charge in [0.25, 0.3) is 0 Å². The average molecular weight is 255 g/mol. The van der Waals surface area contributed by atoms with Crippen LogP contribution in [0, 0.1) is 0 Å². The van der Waals surface area contributed by atoms with Crippen LogP contribution < -0.4 is 10.6 Å². The number of anilines is 1. The molecule has 3 heteroatoms. The highest BCUT2D eigenvalue weighted by Gasteiger charge is 2.11. The van der Waals surface area contributed by atoms with Crippen LogP contribution in [0.15, 0.2) is 48.7 Å². The molecule has 2 rings (SSSR count). The SMILES string of the molecule is CC(C)N(Cc1ccccc1)c1ccnc(CN)c1. The summed E-state index contributed by atoms with van der Waals surface area (Å²) in [5.74, 6) is 0. The van der Waals surface area contributed by atoms with Crippen LogP contribution in [0.4, 0.5) is 5.69 Å². The molecule has 0 radical (unpaired) electrons. The molecule has 0 atom stereocenters. The van der Waals surface area contributed by atoms with E-state index >= 15 is 0 Å². The first-order valence-electron chi connectivity index (χ1n) is 6.66. The third kappa shape index (κ3) is 3.55. The predicted octanol–water partition coefficient (Wildman–Crippen LogP) is 2.96. The Bertz CT molecular complexity index is 508. The Kier molecular flexibility index (Phi) is 4.53. The van der Waals surface area contributed by atoms with Gasteiger partial charge < -0.3 is 10.6 Å². The fraction of sp³-hybridized carbons (Fsp3) is 0.312. The van der Waals surface area contributed by atoms with Crippen LogP contribution in [0.25, 0.3) is 0 Å². The fourth-order valence-electron chi connectivity index (χ4n) is 2.11. The van der Waals surface area contributed by atoms with Crippen molar-refractivity contribution in [2.75, 3.05) is 4.90 Å². The van der Waals surface area contributed by atoms with Gasteiger partial charge >= 0.3 is 0 Å². The van der Waals surface area contributed by atoms with Gasteiger partial charge in [0.2, 0.25) is 0 Å². The molecule has 2 N–H and O–H groups in total. The summed E-state index contributed by atoms with van der Waals surface area (Å²) in [5, 5.41) is 0. The molecule has 0 bridgehead atoms. The first-order valence-corrected chi connectivity index (χ1v) is 6.66. The van der Waals surface area contributed by atoms with Crippen molar-refractivity contribution in [1.82, 2.24) is 4.98 Å². The molecule has 2 aromatic rings. The Morgan fingerprint density at radius 1 is 1.16 bits per heavy atom. The van der Waals surface area contributed by atoms with Crippen molar-refractivity contribution < 1.29 is 0 Å². The average Bonchev–Trinajstić information content (AvgIpc) is 2.45. The zero-order valence-electron chi connectivity index (χ0n) is 11.6. The third-order valence-corrected chi connectivity index (χ3v) is 3.16. The normalized spacial score (nSPS) is 10.7. The lowest BCUT2D eigenvalue weighted by atomic mass is 10.1. The van der Waals surface area contributed by atoms with E-state index in [1.807, 2.05) is 18.3 Å². The molecule has 1 aromatic carbocycles. The van der Waals surface area contributed by atoms with Crippen molar-refractivity contribution in [3.05, 3.63) is 59.9 Å². The predicted molar refractivity (Wildman–Crippen MR) is 79.9 cm³/mol. The van der Waals surface area contributed by atoms with Crippen molar-refractivity contribution in [1.29, 1.82) is 0 Å². The smallest absolute Gasteiger partial charge is 0.0560 e. The largest absolute Gasteiger partial charge is 0.365 e. The van der Waals surface area contributed by atoms with Crippen molar-refractivity contribution in [2.24, 2.45) is 5.73 Å². The van der Waals surface area contributed by atoms with E-state index in [9.17, 15) is 0 Å². The molecule has 0 fully saturated rings. The van der Waals surface area contributed by atoms with Gasteiger partial charge in [0.1, 0.15) is 0 Å². The number of hydrogen-bond donors (Lipinski definition) is 1. The summed E-state index contributed by atoms with van der Waals surface area (Å²) in [7, 11) is 0. The molecular weight excluding hydrogens is 234 g/mol. The van der Waals surface area contributed by atoms with Gasteiger partial charge in [-0.15, -0.1) is 0 Å². The van der Waals surface area contributed by atoms with E-state index < -0.39 is 0 Å². The summed E-state index contributed by atoms with van der Waals surface area (Å²) in [5.41, 5.74) is 9.08. The van der Waals surface area contributed by atoms with Gasteiger partial charge in [-0.25, -0.2) is 0 Å². The van der Waals surface area contributed by atoms with E-state index in [-0.39, 0.29) is 0 Å². The minimum absolute atomic E-state index is 0.424. The fourth-order valence-corrected chi connectivity index (χ4v) is 2.11. The van der Waals surface area contributed by atoms with Gasteiger partial charge in [0, 0.05) is 31.0 Å². The van der Waals surface area contributed by atoms with Gasteiger partial charge in [0.15, 0.2) is 0 Å². The zero-order chi connectivity index (χ0) is 13.7. The second kappa shape index (κ2) is 6.34. The van der Waals surface area contributed by atoms with Crippen LogP contribution in [0.1, 0.15) is 25.1 Å². The standard InChI is InChI=1S/C16H21N3/c1-13(2)19(12-14-6-4-3-5-7-14)16-8-9-18-15(10-16)11-17/h3-10,13H,11-12,17H2,1-2H3. The molecule has 0 aliphatic carbocycles. The summed E-state index contributed by atoms with van der Waals surface area (Å²) >= 11 is 0. The maximum absolute atomic E-state index is 5.67. The van der Waals surface area contributed by atoms with Crippen molar-refractivity contribution in [3.63, 3.8) is 0 Å². The van der Waals surface area contributed by atoms with E-state index in [0.717, 1.165) is 12.2 Å². The second-order valence-electron chi connectivity index (χ2n) is 4.92. The molecule has 0 aliphatic heterocycles. The Balaban J connectivity index is 2.24. The number of pyridine rings is 1. The van der Waals surface area contributed by atoms with Gasteiger partial charge in [0.05, 0.1) is 5.69 Å². The monoisotopic (exact) mass is 255 g/mol. The molecule has 100 valence electrons. The molecule has 0 saturated heterocycles. The third-order valence-electron chi connectivity index (χ3n) is 3.16. The first-order chi connectivity index (χ1) is 9.20. The molecule has 0 spiro atoms. The van der Waals surface area contributed by atoms with E-state index in [1.165, 1.54) is 11.3 Å². The summed E-state index contributed by atoms with van der Waals surface area (Å²) < 4.78 is 0. The Morgan fingerprint density at radius 2 is 1.89 bits per heavy atom. The van der Waals surface area contributed by atoms with Crippen molar-refractivity contribution in [2.45, 2.75) is 33.0 Å². The number of nitrogens with zero attached hydrogens (tertiary/aromatic N) is 2. The molecular formula is C16H21N3. The van der Waals surface area contributed by atoms with Crippen LogP contribution in [-0.2, 0) is 13.1 Å². The lowest BCUT2D eigenvalue weighted by Gasteiger charge is -2.29. The minimum atomic E-state index is 0.424. The highest BCUT2D eigenvalue weighted by Crippen LogP contribution is 2.20. The molecule has 0 aliphatic rings. The van der Waals surface area contributed by atoms with Crippen molar-refractivity contribution in [3.8, 4) is 0 Å². The van der Waals surface area contributed by atoms with Crippen LogP contribution in [0.3, 0.4) is 0 Å². The number of nitrogens with two attached hydrogens (primary N) is 1. The maximum Gasteiger partial charge on any atom is 0.0560 e. The summed E-state index contributed by atoms with van der Waals surface area (Å²) in [4.78, 5) is 6.61. The number of benzene rings is 1. The topological polar surface area (TPSA) is 42.2 Å². The molecule has 3 nitrogen and oxygen atoms in total. The highest BCUT2D eigenvalue weighted by atomic mass is 15.2. The van der Waals surface area contributed by atoms with Gasteiger partial charge in [-0.2, -0.15) is 0 Å². The van der Waals surface area contributed by atoms with Gasteiger partial charge in [-0.05, 0) is 31.5 Å². The van der Waals surface area contributed by atoms with Crippen molar-refractivity contribution >= 4 is 5.69 Å². The van der Waals surface area contributed by atoms with E-state index in [2.05, 4.69) is 54.1 Å². The molecule has 0 amide bonds. The second-order valence-corrected chi connectivity index (χ2v) is 4.92. The molecule has 0 saturated carbocycles. The van der Waals surface area contributed by atoms with E-state index in [1.54, 1.807) is 0 Å². The van der Waals surface area contributed by atoms with Gasteiger partial charge in [-0.3, -0.25) is 4.98 Å². The van der Waals surface area contributed by atoms with Crippen LogP contribution in [0.2, 0.25) is 0 Å². The maximum atomic E-state index is 5.67. The number of aromatic nitrogens is 1. The Hall–Kier alpha value is -1.87. The van der Waals surface area contributed by atoms with Crippen LogP contribution in [0.5, 0.6) is 0 Å². The summed E-state index contributed by atoms with van der Waals surface area (Å²) in [6.45, 7) is 5.77. The van der Waals surface area contributed by atoms with E-state index in [4.69, 9.17) is 5.73 Å². The van der Waals surface area contributed by atoms with Crippen LogP contribution >= 0.6 is 0 Å². The first kappa shape index (κ1) is 13.6. The zero-order valence-corrected chi connectivity index (χ0v) is 11.6. The molecule has 1 heterocycles. The van der Waals surface area contributed by atoms with E-state index in [0.29, 0.717) is 12.6 Å². The lowest BCUT2D eigenvalue weighted by molar-refractivity contribution is 0.681. The van der Waals surface area contributed by atoms with Gasteiger partial charge in [-0.1, -0.05) is 30.3 Å². The highest BCUT2D eigenvalue weighted by molar-refractivity contribution is 5.48. The Labute approximate surface area is 115 Å². The molecule has 19 heavy (non-hydrogen) atoms. The number of rotatable bonds is 5. The lowest BCUT2D eigenvalue weighted by Crippen LogP contribution is -2.30. The quantitative estimate of drug-likeness (QED) is 0.893. The minimum Gasteiger partial charge on any atom is -0.365 e. The Morgan fingerprint density at radius 3 is 2.53 bits per heavy atom.